The summed E-state index contributed by atoms with van der Waals surface area (Å²) in [5.74, 6) is -0.816. The van der Waals surface area contributed by atoms with Crippen molar-refractivity contribution in [2.75, 3.05) is 13.1 Å². The topological polar surface area (TPSA) is 88.2 Å². The minimum Gasteiger partial charge on any atom is -0.315 e. The molecule has 0 saturated carbocycles. The Morgan fingerprint density at radius 3 is 2.72 bits per heavy atom. The highest BCUT2D eigenvalue weighted by Gasteiger charge is 2.29. The Labute approximate surface area is 117 Å². The number of sulfonamides is 1. The highest BCUT2D eigenvalue weighted by atomic mass is 79.9. The Morgan fingerprint density at radius 2 is 2.22 bits per heavy atom. The summed E-state index contributed by atoms with van der Waals surface area (Å²) in [6, 6.07) is 1.30. The monoisotopic (exact) mass is 353 g/mol. The van der Waals surface area contributed by atoms with E-state index < -0.39 is 15.9 Å². The summed E-state index contributed by atoms with van der Waals surface area (Å²) < 4.78 is 26.2. The molecule has 1 aromatic heterocycles. The van der Waals surface area contributed by atoms with Gasteiger partial charge >= 0.3 is 0 Å². The maximum absolute atomic E-state index is 11.9. The van der Waals surface area contributed by atoms with Crippen molar-refractivity contribution in [1.29, 1.82) is 0 Å². The van der Waals surface area contributed by atoms with Gasteiger partial charge < -0.3 is 5.32 Å². The van der Waals surface area contributed by atoms with Crippen molar-refractivity contribution < 1.29 is 13.2 Å². The number of hydrogen-bond donors (Lipinski definition) is 2. The molecule has 1 amide bonds. The fraction of sp³-hybridized carbons (Fsp3) is 0.333. The molecule has 6 nitrogen and oxygen atoms in total. The molecular weight excluding hydrogens is 346 g/mol. The van der Waals surface area contributed by atoms with Crippen molar-refractivity contribution in [1.82, 2.24) is 15.0 Å². The fourth-order valence-electron chi connectivity index (χ4n) is 1.30. The molecule has 2 heterocycles. The summed E-state index contributed by atoms with van der Waals surface area (Å²) in [4.78, 5) is 15.2. The third-order valence-electron chi connectivity index (χ3n) is 2.47. The van der Waals surface area contributed by atoms with Gasteiger partial charge in [0.1, 0.15) is 10.0 Å². The van der Waals surface area contributed by atoms with Crippen molar-refractivity contribution in [3.05, 3.63) is 21.9 Å². The van der Waals surface area contributed by atoms with E-state index in [2.05, 4.69) is 26.2 Å². The van der Waals surface area contributed by atoms with Crippen LogP contribution in [0.15, 0.2) is 21.6 Å². The summed E-state index contributed by atoms with van der Waals surface area (Å²) in [5.41, 5.74) is 0. The Hall–Kier alpha value is -0.700. The van der Waals surface area contributed by atoms with Gasteiger partial charge in [-0.3, -0.25) is 4.79 Å². The molecule has 1 aliphatic rings. The molecule has 0 atom stereocenters. The minimum absolute atomic E-state index is 0.112. The highest BCUT2D eigenvalue weighted by molar-refractivity contribution is 9.10. The molecule has 1 fully saturated rings. The predicted molar refractivity (Wildman–Crippen MR) is 68.6 cm³/mol. The van der Waals surface area contributed by atoms with E-state index in [9.17, 15) is 13.2 Å². The number of nitrogens with zero attached hydrogens (tertiary/aromatic N) is 1. The molecule has 1 aliphatic heterocycles. The molecule has 1 saturated heterocycles. The molecule has 0 bridgehead atoms. The SMILES string of the molecule is O=C(NS(=O)(=O)c1cnc(Cl)c(Br)c1)C1CNC1. The molecule has 0 spiro atoms. The average molecular weight is 355 g/mol. The second-order valence-electron chi connectivity index (χ2n) is 3.77. The first-order valence-corrected chi connectivity index (χ1v) is 7.64. The van der Waals surface area contributed by atoms with E-state index in [1.807, 2.05) is 4.72 Å². The third-order valence-corrected chi connectivity index (χ3v) is 4.92. The van der Waals surface area contributed by atoms with E-state index in [4.69, 9.17) is 11.6 Å². The van der Waals surface area contributed by atoms with Crippen LogP contribution in [-0.4, -0.2) is 32.4 Å². The lowest BCUT2D eigenvalue weighted by Crippen LogP contribution is -2.51. The molecular formula is C9H9BrClN3O3S. The number of pyridine rings is 1. The first-order chi connectivity index (χ1) is 8.40. The van der Waals surface area contributed by atoms with Crippen LogP contribution in [0, 0.1) is 5.92 Å². The Balaban J connectivity index is 2.19. The van der Waals surface area contributed by atoms with E-state index in [1.165, 1.54) is 6.07 Å². The van der Waals surface area contributed by atoms with E-state index in [1.54, 1.807) is 0 Å². The fourth-order valence-corrected chi connectivity index (χ4v) is 2.92. The van der Waals surface area contributed by atoms with Gasteiger partial charge in [-0.25, -0.2) is 18.1 Å². The summed E-state index contributed by atoms with van der Waals surface area (Å²) in [6.07, 6.45) is 1.10. The summed E-state index contributed by atoms with van der Waals surface area (Å²) in [5, 5.41) is 3.05. The maximum Gasteiger partial charge on any atom is 0.265 e. The van der Waals surface area contributed by atoms with E-state index in [0.29, 0.717) is 17.6 Å². The van der Waals surface area contributed by atoms with E-state index in [0.717, 1.165) is 6.20 Å². The van der Waals surface area contributed by atoms with Crippen LogP contribution in [-0.2, 0) is 14.8 Å². The Bertz CT molecular complexity index is 589. The van der Waals surface area contributed by atoms with Gasteiger partial charge in [0.05, 0.1) is 10.4 Å². The van der Waals surface area contributed by atoms with Gasteiger partial charge in [0.15, 0.2) is 0 Å². The number of nitrogens with one attached hydrogen (secondary N) is 2. The van der Waals surface area contributed by atoms with Crippen LogP contribution >= 0.6 is 27.5 Å². The Kier molecular flexibility index (Phi) is 3.90. The van der Waals surface area contributed by atoms with Crippen LogP contribution in [0.2, 0.25) is 5.15 Å². The summed E-state index contributed by atoms with van der Waals surface area (Å²) in [7, 11) is -3.90. The zero-order chi connectivity index (χ0) is 13.3. The lowest BCUT2D eigenvalue weighted by atomic mass is 10.0. The van der Waals surface area contributed by atoms with Gasteiger partial charge in [-0.1, -0.05) is 11.6 Å². The van der Waals surface area contributed by atoms with E-state index >= 15 is 0 Å². The summed E-state index contributed by atoms with van der Waals surface area (Å²) in [6.45, 7) is 0.980. The number of hydrogen-bond acceptors (Lipinski definition) is 5. The molecule has 2 N–H and O–H groups in total. The molecule has 98 valence electrons. The standard InChI is InChI=1S/C9H9BrClN3O3S/c10-7-1-6(4-13-8(7)11)18(16,17)14-9(15)5-2-12-3-5/h1,4-5,12H,2-3H2,(H,14,15). The van der Waals surface area contributed by atoms with Crippen LogP contribution in [0.1, 0.15) is 0 Å². The van der Waals surface area contributed by atoms with Crippen LogP contribution in [0.3, 0.4) is 0 Å². The number of amides is 1. The van der Waals surface area contributed by atoms with Gasteiger partial charge in [0.2, 0.25) is 5.91 Å². The zero-order valence-electron chi connectivity index (χ0n) is 8.98. The van der Waals surface area contributed by atoms with Crippen molar-refractivity contribution >= 4 is 43.5 Å². The Morgan fingerprint density at radius 1 is 1.56 bits per heavy atom. The average Bonchev–Trinajstić information content (AvgIpc) is 2.18. The first-order valence-electron chi connectivity index (χ1n) is 4.98. The number of carbonyl (C=O) groups is 1. The molecule has 2 rings (SSSR count). The second kappa shape index (κ2) is 5.12. The quantitative estimate of drug-likeness (QED) is 0.773. The second-order valence-corrected chi connectivity index (χ2v) is 6.66. The number of carbonyl (C=O) groups excluding carboxylic acids is 1. The third kappa shape index (κ3) is 2.82. The lowest BCUT2D eigenvalue weighted by molar-refractivity contribution is -0.124. The first kappa shape index (κ1) is 13.7. The molecule has 18 heavy (non-hydrogen) atoms. The molecule has 1 aromatic rings. The molecule has 0 unspecified atom stereocenters. The number of aromatic nitrogens is 1. The van der Waals surface area contributed by atoms with Crippen molar-refractivity contribution in [3.63, 3.8) is 0 Å². The van der Waals surface area contributed by atoms with Crippen molar-refractivity contribution in [3.8, 4) is 0 Å². The highest BCUT2D eigenvalue weighted by Crippen LogP contribution is 2.22. The largest absolute Gasteiger partial charge is 0.315 e. The number of halogens is 2. The summed E-state index contributed by atoms with van der Waals surface area (Å²) >= 11 is 8.75. The van der Waals surface area contributed by atoms with Crippen LogP contribution < -0.4 is 10.0 Å². The molecule has 0 aromatic carbocycles. The van der Waals surface area contributed by atoms with Gasteiger partial charge in [0.25, 0.3) is 10.0 Å². The lowest BCUT2D eigenvalue weighted by Gasteiger charge is -2.25. The van der Waals surface area contributed by atoms with Gasteiger partial charge in [0, 0.05) is 19.3 Å². The van der Waals surface area contributed by atoms with Gasteiger partial charge in [-0.15, -0.1) is 0 Å². The van der Waals surface area contributed by atoms with Gasteiger partial charge in [-0.2, -0.15) is 0 Å². The minimum atomic E-state index is -3.90. The van der Waals surface area contributed by atoms with E-state index in [-0.39, 0.29) is 16.0 Å². The van der Waals surface area contributed by atoms with Crippen molar-refractivity contribution in [2.45, 2.75) is 4.90 Å². The molecule has 0 aliphatic carbocycles. The maximum atomic E-state index is 11.9. The smallest absolute Gasteiger partial charge is 0.265 e. The van der Waals surface area contributed by atoms with Crippen molar-refractivity contribution in [2.24, 2.45) is 5.92 Å². The zero-order valence-corrected chi connectivity index (χ0v) is 12.1. The van der Waals surface area contributed by atoms with Crippen LogP contribution in [0.5, 0.6) is 0 Å². The van der Waals surface area contributed by atoms with Gasteiger partial charge in [-0.05, 0) is 22.0 Å². The van der Waals surface area contributed by atoms with Crippen LogP contribution in [0.4, 0.5) is 0 Å². The predicted octanol–water partition coefficient (Wildman–Crippen LogP) is 0.522. The van der Waals surface area contributed by atoms with Crippen LogP contribution in [0.25, 0.3) is 0 Å². The molecule has 0 radical (unpaired) electrons. The number of rotatable bonds is 3. The normalized spacial score (nSPS) is 16.1. The molecule has 9 heteroatoms.